The lowest BCUT2D eigenvalue weighted by molar-refractivity contribution is 0.173. The largest absolute Gasteiger partial charge is 0.356 e. The van der Waals surface area contributed by atoms with Crippen molar-refractivity contribution in [1.29, 1.82) is 0 Å². The molecule has 3 fully saturated rings. The van der Waals surface area contributed by atoms with Gasteiger partial charge in [-0.25, -0.2) is 9.67 Å². The van der Waals surface area contributed by atoms with Crippen LogP contribution in [0.4, 0.5) is 5.82 Å². The first kappa shape index (κ1) is 15.4. The fourth-order valence-electron chi connectivity index (χ4n) is 5.32. The molecule has 2 aromatic rings. The van der Waals surface area contributed by atoms with Crippen molar-refractivity contribution >= 4 is 5.82 Å². The minimum Gasteiger partial charge on any atom is -0.356 e. The van der Waals surface area contributed by atoms with Crippen molar-refractivity contribution in [3.05, 3.63) is 35.8 Å². The average Bonchev–Trinajstić information content (AvgIpc) is 3.27. The highest BCUT2D eigenvalue weighted by Crippen LogP contribution is 2.41. The van der Waals surface area contributed by atoms with Crippen LogP contribution in [0.2, 0.25) is 0 Å². The Kier molecular flexibility index (Phi) is 3.59. The number of anilines is 1. The molecule has 5 nitrogen and oxygen atoms in total. The molecule has 5 rings (SSSR count). The molecule has 0 aromatic carbocycles. The Balaban J connectivity index is 1.33. The Morgan fingerprint density at radius 2 is 2.00 bits per heavy atom. The molecule has 3 saturated heterocycles. The topological polar surface area (TPSA) is 37.2 Å². The number of pyridine rings is 1. The smallest absolute Gasteiger partial charge is 0.128 e. The summed E-state index contributed by atoms with van der Waals surface area (Å²) >= 11 is 0. The van der Waals surface area contributed by atoms with E-state index in [-0.39, 0.29) is 0 Å². The molecule has 2 aromatic heterocycles. The molecule has 0 radical (unpaired) electrons. The van der Waals surface area contributed by atoms with Crippen LogP contribution < -0.4 is 4.90 Å². The highest BCUT2D eigenvalue weighted by atomic mass is 15.3. The SMILES string of the molecule is Cc1cc(C)n(-c2ccc(N3C[C@@H]4CN5CCCC[C@@H]5[C@@H]4C3)nc2)n1. The average molecular weight is 337 g/mol. The van der Waals surface area contributed by atoms with Crippen molar-refractivity contribution in [2.75, 3.05) is 31.1 Å². The second-order valence-electron chi connectivity index (χ2n) is 8.10. The van der Waals surface area contributed by atoms with Gasteiger partial charge in [0.15, 0.2) is 0 Å². The van der Waals surface area contributed by atoms with E-state index in [1.807, 2.05) is 17.8 Å². The maximum atomic E-state index is 4.77. The van der Waals surface area contributed by atoms with Gasteiger partial charge in [-0.1, -0.05) is 6.42 Å². The van der Waals surface area contributed by atoms with Gasteiger partial charge in [0.2, 0.25) is 0 Å². The van der Waals surface area contributed by atoms with E-state index in [4.69, 9.17) is 4.98 Å². The second kappa shape index (κ2) is 5.84. The van der Waals surface area contributed by atoms with Crippen LogP contribution in [0.5, 0.6) is 0 Å². The standard InChI is InChI=1S/C20H27N5/c1-14-9-15(2)25(22-14)17-6-7-20(21-10-17)24-12-16-11-23-8-4-3-5-19(23)18(16)13-24/h6-7,9-10,16,18-19H,3-5,8,11-13H2,1-2H3/t16-,18+,19+/m0/s1. The number of aromatic nitrogens is 3. The Hall–Kier alpha value is -1.88. The number of piperidine rings is 1. The molecule has 0 N–H and O–H groups in total. The van der Waals surface area contributed by atoms with Gasteiger partial charge in [-0.05, 0) is 63.3 Å². The van der Waals surface area contributed by atoms with Gasteiger partial charge >= 0.3 is 0 Å². The minimum atomic E-state index is 0.831. The molecule has 0 unspecified atom stereocenters. The third kappa shape index (κ3) is 2.56. The zero-order chi connectivity index (χ0) is 17.0. The fraction of sp³-hybridized carbons (Fsp3) is 0.600. The summed E-state index contributed by atoms with van der Waals surface area (Å²) in [4.78, 5) is 10.0. The zero-order valence-corrected chi connectivity index (χ0v) is 15.2. The molecular formula is C20H27N5. The third-order valence-corrected chi connectivity index (χ3v) is 6.43. The summed E-state index contributed by atoms with van der Waals surface area (Å²) in [6, 6.07) is 7.26. The molecular weight excluding hydrogens is 310 g/mol. The first-order valence-electron chi connectivity index (χ1n) is 9.68. The van der Waals surface area contributed by atoms with Crippen LogP contribution in [0, 0.1) is 25.7 Å². The van der Waals surface area contributed by atoms with E-state index in [2.05, 4.69) is 40.0 Å². The molecule has 0 bridgehead atoms. The number of hydrogen-bond acceptors (Lipinski definition) is 4. The van der Waals surface area contributed by atoms with Crippen LogP contribution >= 0.6 is 0 Å². The third-order valence-electron chi connectivity index (χ3n) is 6.43. The van der Waals surface area contributed by atoms with Gasteiger partial charge in [0.25, 0.3) is 0 Å². The summed E-state index contributed by atoms with van der Waals surface area (Å²) in [5.74, 6) is 2.81. The van der Waals surface area contributed by atoms with E-state index in [1.165, 1.54) is 45.4 Å². The van der Waals surface area contributed by atoms with Gasteiger partial charge in [-0.3, -0.25) is 4.90 Å². The minimum absolute atomic E-state index is 0.831. The molecule has 3 aliphatic heterocycles. The Labute approximate surface area is 149 Å². The molecule has 25 heavy (non-hydrogen) atoms. The van der Waals surface area contributed by atoms with E-state index >= 15 is 0 Å². The maximum Gasteiger partial charge on any atom is 0.128 e. The van der Waals surface area contributed by atoms with Crippen LogP contribution in [0.3, 0.4) is 0 Å². The summed E-state index contributed by atoms with van der Waals surface area (Å²) < 4.78 is 1.98. The molecule has 3 aliphatic rings. The molecule has 3 atom stereocenters. The number of rotatable bonds is 2. The maximum absolute atomic E-state index is 4.77. The summed E-state index contributed by atoms with van der Waals surface area (Å²) in [6.07, 6.45) is 6.18. The van der Waals surface area contributed by atoms with Crippen molar-refractivity contribution in [1.82, 2.24) is 19.7 Å². The lowest BCUT2D eigenvalue weighted by Gasteiger charge is -2.33. The Bertz CT molecular complexity index is 765. The number of nitrogens with zero attached hydrogens (tertiary/aromatic N) is 5. The zero-order valence-electron chi connectivity index (χ0n) is 15.2. The van der Waals surface area contributed by atoms with Crippen molar-refractivity contribution in [2.24, 2.45) is 11.8 Å². The first-order valence-corrected chi connectivity index (χ1v) is 9.68. The Morgan fingerprint density at radius 1 is 1.08 bits per heavy atom. The lowest BCUT2D eigenvalue weighted by Crippen LogP contribution is -2.40. The van der Waals surface area contributed by atoms with Crippen molar-refractivity contribution in [2.45, 2.75) is 39.2 Å². The molecule has 132 valence electrons. The van der Waals surface area contributed by atoms with Gasteiger partial charge < -0.3 is 4.90 Å². The van der Waals surface area contributed by atoms with E-state index in [0.29, 0.717) is 0 Å². The number of fused-ring (bicyclic) bond motifs is 3. The van der Waals surface area contributed by atoms with Gasteiger partial charge in [0, 0.05) is 31.4 Å². The van der Waals surface area contributed by atoms with Crippen LogP contribution in [-0.4, -0.2) is 51.9 Å². The first-order chi connectivity index (χ1) is 12.2. The fourth-order valence-corrected chi connectivity index (χ4v) is 5.32. The summed E-state index contributed by atoms with van der Waals surface area (Å²) in [6.45, 7) is 9.10. The summed E-state index contributed by atoms with van der Waals surface area (Å²) in [5.41, 5.74) is 3.25. The highest BCUT2D eigenvalue weighted by Gasteiger charge is 2.47. The van der Waals surface area contributed by atoms with Crippen molar-refractivity contribution < 1.29 is 0 Å². The monoisotopic (exact) mass is 337 g/mol. The lowest BCUT2D eigenvalue weighted by atomic mass is 9.90. The number of hydrogen-bond donors (Lipinski definition) is 0. The molecule has 5 heterocycles. The second-order valence-corrected chi connectivity index (χ2v) is 8.10. The molecule has 0 saturated carbocycles. The van der Waals surface area contributed by atoms with Crippen LogP contribution in [0.15, 0.2) is 24.4 Å². The van der Waals surface area contributed by atoms with Gasteiger partial charge in [0.05, 0.1) is 17.6 Å². The van der Waals surface area contributed by atoms with Crippen LogP contribution in [-0.2, 0) is 0 Å². The van der Waals surface area contributed by atoms with Gasteiger partial charge in [-0.15, -0.1) is 0 Å². The van der Waals surface area contributed by atoms with E-state index in [0.717, 1.165) is 40.8 Å². The van der Waals surface area contributed by atoms with Crippen molar-refractivity contribution in [3.8, 4) is 5.69 Å². The molecule has 0 aliphatic carbocycles. The normalized spacial score (nSPS) is 29.0. The van der Waals surface area contributed by atoms with E-state index in [9.17, 15) is 0 Å². The quantitative estimate of drug-likeness (QED) is 0.844. The molecule has 0 spiro atoms. The summed E-state index contributed by atoms with van der Waals surface area (Å²) in [7, 11) is 0. The number of aryl methyl sites for hydroxylation is 2. The van der Waals surface area contributed by atoms with Crippen LogP contribution in [0.1, 0.15) is 30.7 Å². The molecule has 0 amide bonds. The predicted octanol–water partition coefficient (Wildman–Crippen LogP) is 2.80. The van der Waals surface area contributed by atoms with E-state index in [1.54, 1.807) is 0 Å². The Morgan fingerprint density at radius 3 is 2.76 bits per heavy atom. The van der Waals surface area contributed by atoms with Gasteiger partial charge in [-0.2, -0.15) is 5.10 Å². The van der Waals surface area contributed by atoms with E-state index < -0.39 is 0 Å². The summed E-state index contributed by atoms with van der Waals surface area (Å²) in [5, 5.41) is 4.56. The predicted molar refractivity (Wildman–Crippen MR) is 99.2 cm³/mol. The highest BCUT2D eigenvalue weighted by molar-refractivity contribution is 5.45. The molecule has 5 heteroatoms. The van der Waals surface area contributed by atoms with Crippen molar-refractivity contribution in [3.63, 3.8) is 0 Å². The van der Waals surface area contributed by atoms with Gasteiger partial charge in [0.1, 0.15) is 5.82 Å². The van der Waals surface area contributed by atoms with Crippen LogP contribution in [0.25, 0.3) is 5.69 Å².